The summed E-state index contributed by atoms with van der Waals surface area (Å²) in [6.45, 7) is 2.15. The number of methoxy groups -OCH3 is 1. The van der Waals surface area contributed by atoms with Crippen molar-refractivity contribution < 1.29 is 14.3 Å². The maximum Gasteiger partial charge on any atom is 0.316 e. The Morgan fingerprint density at radius 1 is 1.39 bits per heavy atom. The Bertz CT molecular complexity index is 417. The third kappa shape index (κ3) is 2.55. The van der Waals surface area contributed by atoms with Crippen molar-refractivity contribution in [2.24, 2.45) is 11.8 Å². The normalized spacial score (nSPS) is 28.4. The first-order valence-electron chi connectivity index (χ1n) is 6.66. The van der Waals surface area contributed by atoms with Gasteiger partial charge in [0.05, 0.1) is 7.11 Å². The van der Waals surface area contributed by atoms with Crippen molar-refractivity contribution in [1.82, 2.24) is 0 Å². The van der Waals surface area contributed by atoms with Gasteiger partial charge in [-0.2, -0.15) is 0 Å². The fourth-order valence-electron chi connectivity index (χ4n) is 2.76. The highest BCUT2D eigenvalue weighted by atomic mass is 16.5. The molecule has 0 N–H and O–H groups in total. The van der Waals surface area contributed by atoms with Crippen LogP contribution in [-0.2, 0) is 14.3 Å². The Kier molecular flexibility index (Phi) is 4.00. The molecule has 18 heavy (non-hydrogen) atoms. The molecule has 0 aromatic carbocycles. The van der Waals surface area contributed by atoms with Crippen LogP contribution in [0.5, 0.6) is 0 Å². The molecule has 0 heterocycles. The van der Waals surface area contributed by atoms with E-state index in [1.165, 1.54) is 7.11 Å². The molecule has 2 rings (SSSR count). The van der Waals surface area contributed by atoms with E-state index < -0.39 is 5.92 Å². The van der Waals surface area contributed by atoms with Crippen molar-refractivity contribution in [3.8, 4) is 0 Å². The molecule has 2 aliphatic carbocycles. The summed E-state index contributed by atoms with van der Waals surface area (Å²) in [4.78, 5) is 24.1. The molecule has 0 bridgehead atoms. The molecule has 3 heteroatoms. The second-order valence-electron chi connectivity index (χ2n) is 5.21. The predicted octanol–water partition coefficient (Wildman–Crippen LogP) is 2.81. The van der Waals surface area contributed by atoms with Crippen LogP contribution in [0.15, 0.2) is 23.3 Å². The second-order valence-corrected chi connectivity index (χ2v) is 5.21. The molecule has 0 aliphatic heterocycles. The van der Waals surface area contributed by atoms with E-state index in [4.69, 9.17) is 4.74 Å². The van der Waals surface area contributed by atoms with Crippen LogP contribution in [0.1, 0.15) is 39.0 Å². The molecular formula is C15H20O3. The number of allylic oxidation sites excluding steroid dienone is 4. The molecule has 0 aromatic heterocycles. The van der Waals surface area contributed by atoms with Gasteiger partial charge in [0.15, 0.2) is 5.78 Å². The Morgan fingerprint density at radius 3 is 2.89 bits per heavy atom. The van der Waals surface area contributed by atoms with E-state index in [2.05, 4.69) is 13.0 Å². The van der Waals surface area contributed by atoms with Crippen LogP contribution >= 0.6 is 0 Å². The maximum atomic E-state index is 12.4. The van der Waals surface area contributed by atoms with E-state index >= 15 is 0 Å². The molecule has 98 valence electrons. The van der Waals surface area contributed by atoms with Gasteiger partial charge < -0.3 is 4.74 Å². The molecule has 0 saturated heterocycles. The highest BCUT2D eigenvalue weighted by Crippen LogP contribution is 2.33. The number of Topliss-reactive ketones (excluding diaryl/α,β-unsaturated/α-hetero) is 1. The molecule has 0 amide bonds. The summed E-state index contributed by atoms with van der Waals surface area (Å²) < 4.78 is 4.75. The monoisotopic (exact) mass is 248 g/mol. The van der Waals surface area contributed by atoms with Gasteiger partial charge in [0.2, 0.25) is 0 Å². The maximum absolute atomic E-state index is 12.4. The summed E-state index contributed by atoms with van der Waals surface area (Å²) in [7, 11) is 1.35. The van der Waals surface area contributed by atoms with E-state index in [0.717, 1.165) is 36.8 Å². The van der Waals surface area contributed by atoms with Gasteiger partial charge in [-0.1, -0.05) is 25.5 Å². The van der Waals surface area contributed by atoms with Crippen molar-refractivity contribution in [3.05, 3.63) is 23.3 Å². The number of esters is 1. The van der Waals surface area contributed by atoms with Crippen LogP contribution in [-0.4, -0.2) is 18.9 Å². The third-order valence-corrected chi connectivity index (χ3v) is 3.78. The lowest BCUT2D eigenvalue weighted by Gasteiger charge is -2.24. The standard InChI is InChI=1S/C15H20O3/c1-10-7-8-12-11(9-10)5-3-4-6-13(14(12)16)15(17)18-2/h8-10,13H,3-7H2,1-2H3. The average molecular weight is 248 g/mol. The summed E-state index contributed by atoms with van der Waals surface area (Å²) in [6.07, 6.45) is 8.59. The highest BCUT2D eigenvalue weighted by molar-refractivity contribution is 6.10. The minimum atomic E-state index is -0.599. The fraction of sp³-hybridized carbons (Fsp3) is 0.600. The number of ether oxygens (including phenoxy) is 1. The first-order valence-corrected chi connectivity index (χ1v) is 6.66. The van der Waals surface area contributed by atoms with Crippen LogP contribution in [0, 0.1) is 11.8 Å². The first-order chi connectivity index (χ1) is 8.63. The van der Waals surface area contributed by atoms with Gasteiger partial charge in [0, 0.05) is 5.57 Å². The van der Waals surface area contributed by atoms with Crippen molar-refractivity contribution in [1.29, 1.82) is 0 Å². The molecule has 0 radical (unpaired) electrons. The molecule has 2 aliphatic rings. The van der Waals surface area contributed by atoms with Gasteiger partial charge in [-0.15, -0.1) is 0 Å². The number of carbonyl (C=O) groups is 2. The lowest BCUT2D eigenvalue weighted by molar-refractivity contribution is -0.148. The number of carbonyl (C=O) groups excluding carboxylic acids is 2. The van der Waals surface area contributed by atoms with Crippen molar-refractivity contribution in [3.63, 3.8) is 0 Å². The van der Waals surface area contributed by atoms with E-state index in [9.17, 15) is 9.59 Å². The molecule has 2 atom stereocenters. The molecular weight excluding hydrogens is 228 g/mol. The summed E-state index contributed by atoms with van der Waals surface area (Å²) in [5.74, 6) is -0.536. The summed E-state index contributed by atoms with van der Waals surface area (Å²) >= 11 is 0. The van der Waals surface area contributed by atoms with Gasteiger partial charge in [0.25, 0.3) is 0 Å². The lowest BCUT2D eigenvalue weighted by atomic mass is 9.79. The Labute approximate surface area is 108 Å². The Hall–Kier alpha value is -1.38. The van der Waals surface area contributed by atoms with Gasteiger partial charge in [0.1, 0.15) is 5.92 Å². The van der Waals surface area contributed by atoms with Gasteiger partial charge >= 0.3 is 5.97 Å². The molecule has 0 aromatic rings. The fourth-order valence-corrected chi connectivity index (χ4v) is 2.76. The van der Waals surface area contributed by atoms with E-state index in [1.54, 1.807) is 0 Å². The number of ketones is 1. The topological polar surface area (TPSA) is 43.4 Å². The zero-order valence-electron chi connectivity index (χ0n) is 11.1. The van der Waals surface area contributed by atoms with Crippen molar-refractivity contribution in [2.45, 2.75) is 39.0 Å². The number of hydrogen-bond donors (Lipinski definition) is 0. The third-order valence-electron chi connectivity index (χ3n) is 3.78. The molecule has 3 nitrogen and oxygen atoms in total. The predicted molar refractivity (Wildman–Crippen MR) is 68.9 cm³/mol. The van der Waals surface area contributed by atoms with E-state index in [1.807, 2.05) is 6.08 Å². The molecule has 2 unspecified atom stereocenters. The van der Waals surface area contributed by atoms with Gasteiger partial charge in [-0.05, 0) is 37.2 Å². The minimum absolute atomic E-state index is 0.0419. The zero-order chi connectivity index (χ0) is 13.1. The van der Waals surface area contributed by atoms with Crippen molar-refractivity contribution >= 4 is 11.8 Å². The molecule has 1 saturated carbocycles. The van der Waals surface area contributed by atoms with Gasteiger partial charge in [-0.25, -0.2) is 0 Å². The summed E-state index contributed by atoms with van der Waals surface area (Å²) in [5, 5.41) is 0. The summed E-state index contributed by atoms with van der Waals surface area (Å²) in [5.41, 5.74) is 1.90. The Balaban J connectivity index is 2.28. The number of hydrogen-bond acceptors (Lipinski definition) is 3. The quantitative estimate of drug-likeness (QED) is 0.529. The SMILES string of the molecule is COC(=O)C1CCCCC2=CC(C)CC=C2C1=O. The smallest absolute Gasteiger partial charge is 0.316 e. The highest BCUT2D eigenvalue weighted by Gasteiger charge is 2.33. The van der Waals surface area contributed by atoms with Crippen LogP contribution in [0.3, 0.4) is 0 Å². The van der Waals surface area contributed by atoms with Crippen LogP contribution in [0.2, 0.25) is 0 Å². The second kappa shape index (κ2) is 5.51. The lowest BCUT2D eigenvalue weighted by Crippen LogP contribution is -2.29. The number of rotatable bonds is 1. The van der Waals surface area contributed by atoms with Crippen LogP contribution < -0.4 is 0 Å². The minimum Gasteiger partial charge on any atom is -0.468 e. The first kappa shape index (κ1) is 13.1. The average Bonchev–Trinajstić information content (AvgIpc) is 2.35. The zero-order valence-corrected chi connectivity index (χ0v) is 11.1. The number of fused-ring (bicyclic) bond motifs is 1. The summed E-state index contributed by atoms with van der Waals surface area (Å²) in [6, 6.07) is 0. The molecule has 0 spiro atoms. The van der Waals surface area contributed by atoms with E-state index in [-0.39, 0.29) is 11.8 Å². The molecule has 1 fully saturated rings. The van der Waals surface area contributed by atoms with Crippen molar-refractivity contribution in [2.75, 3.05) is 7.11 Å². The van der Waals surface area contributed by atoms with Crippen LogP contribution in [0.4, 0.5) is 0 Å². The Morgan fingerprint density at radius 2 is 2.17 bits per heavy atom. The largest absolute Gasteiger partial charge is 0.468 e. The van der Waals surface area contributed by atoms with Crippen LogP contribution in [0.25, 0.3) is 0 Å². The van der Waals surface area contributed by atoms with E-state index in [0.29, 0.717) is 12.3 Å². The van der Waals surface area contributed by atoms with Gasteiger partial charge in [-0.3, -0.25) is 9.59 Å².